The maximum Gasteiger partial charge on any atom is 0.226 e. The van der Waals surface area contributed by atoms with Crippen LogP contribution in [0.1, 0.15) is 30.7 Å². The van der Waals surface area contributed by atoms with E-state index in [1.54, 1.807) is 11.3 Å². The molecule has 0 saturated heterocycles. The van der Waals surface area contributed by atoms with Crippen molar-refractivity contribution in [1.82, 2.24) is 4.72 Å². The number of hydrogen-bond acceptors (Lipinski definition) is 3. The summed E-state index contributed by atoms with van der Waals surface area (Å²) >= 11 is 6.90. The summed E-state index contributed by atoms with van der Waals surface area (Å²) in [5.41, 5.74) is 0. The number of alkyl halides is 1. The van der Waals surface area contributed by atoms with Gasteiger partial charge in [-0.2, -0.15) is 0 Å². The zero-order valence-electron chi connectivity index (χ0n) is 8.44. The lowest BCUT2D eigenvalue weighted by molar-refractivity contribution is 0.544. The van der Waals surface area contributed by atoms with Crippen LogP contribution in [0.4, 0.5) is 0 Å². The molecular formula is C9H14ClNO2S2. The average Bonchev–Trinajstić information content (AvgIpc) is 2.70. The molecule has 0 aromatic carbocycles. The van der Waals surface area contributed by atoms with Crippen molar-refractivity contribution in [3.8, 4) is 0 Å². The molecule has 0 radical (unpaired) electrons. The molecular weight excluding hydrogens is 254 g/mol. The highest BCUT2D eigenvalue weighted by Gasteiger charge is 2.18. The van der Waals surface area contributed by atoms with Gasteiger partial charge in [0.05, 0.1) is 6.04 Å². The Bertz CT molecular complexity index is 375. The molecule has 3 nitrogen and oxygen atoms in total. The first kappa shape index (κ1) is 13.0. The van der Waals surface area contributed by atoms with Crippen LogP contribution in [0.15, 0.2) is 17.5 Å². The third-order valence-electron chi connectivity index (χ3n) is 1.93. The molecule has 0 aliphatic carbocycles. The molecule has 1 unspecified atom stereocenters. The third kappa shape index (κ3) is 4.10. The van der Waals surface area contributed by atoms with Crippen molar-refractivity contribution in [1.29, 1.82) is 0 Å². The predicted octanol–water partition coefficient (Wildman–Crippen LogP) is 2.71. The topological polar surface area (TPSA) is 46.2 Å². The van der Waals surface area contributed by atoms with Gasteiger partial charge in [-0.05, 0) is 17.9 Å². The molecule has 1 atom stereocenters. The van der Waals surface area contributed by atoms with Crippen LogP contribution in [0.5, 0.6) is 0 Å². The molecule has 1 aromatic heterocycles. The van der Waals surface area contributed by atoms with E-state index in [2.05, 4.69) is 4.72 Å². The second-order valence-corrected chi connectivity index (χ2v) is 6.52. The van der Waals surface area contributed by atoms with Gasteiger partial charge in [-0.3, -0.25) is 0 Å². The van der Waals surface area contributed by atoms with Crippen LogP contribution in [-0.4, -0.2) is 13.6 Å². The second kappa shape index (κ2) is 5.84. The quantitative estimate of drug-likeness (QED) is 0.806. The lowest BCUT2D eigenvalue weighted by Crippen LogP contribution is -2.28. The Labute approximate surface area is 99.5 Å². The summed E-state index contributed by atoms with van der Waals surface area (Å²) in [6.07, 6.45) is 1.71. The van der Waals surface area contributed by atoms with Crippen molar-refractivity contribution in [2.75, 3.05) is 5.21 Å². The summed E-state index contributed by atoms with van der Waals surface area (Å²) in [6, 6.07) is 3.71. The highest BCUT2D eigenvalue weighted by Crippen LogP contribution is 2.24. The van der Waals surface area contributed by atoms with Gasteiger partial charge in [0.15, 0.2) is 0 Å². The van der Waals surface area contributed by atoms with Gasteiger partial charge >= 0.3 is 0 Å². The summed E-state index contributed by atoms with van der Waals surface area (Å²) in [5, 5.41) is 1.55. The van der Waals surface area contributed by atoms with Gasteiger partial charge in [0.25, 0.3) is 0 Å². The largest absolute Gasteiger partial charge is 0.226 e. The first-order valence-corrected chi connectivity index (χ1v) is 7.75. The Kier molecular flexibility index (Phi) is 5.05. The summed E-state index contributed by atoms with van der Waals surface area (Å²) in [6.45, 7) is 2.02. The van der Waals surface area contributed by atoms with Crippen LogP contribution in [-0.2, 0) is 10.0 Å². The van der Waals surface area contributed by atoms with Gasteiger partial charge in [-0.1, -0.05) is 19.4 Å². The second-order valence-electron chi connectivity index (χ2n) is 3.20. The number of sulfonamides is 1. The minimum atomic E-state index is -3.34. The number of nitrogens with one attached hydrogen (secondary N) is 1. The van der Waals surface area contributed by atoms with Crippen molar-refractivity contribution >= 4 is 33.0 Å². The average molecular weight is 268 g/mol. The maximum atomic E-state index is 11.3. The monoisotopic (exact) mass is 267 g/mol. The fourth-order valence-electron chi connectivity index (χ4n) is 1.29. The van der Waals surface area contributed by atoms with Crippen molar-refractivity contribution in [2.24, 2.45) is 0 Å². The number of hydrogen-bond donors (Lipinski definition) is 1. The molecule has 0 bridgehead atoms. The summed E-state index contributed by atoms with van der Waals surface area (Å²) in [4.78, 5) is 1.03. The van der Waals surface area contributed by atoms with Crippen LogP contribution >= 0.6 is 22.9 Å². The Morgan fingerprint density at radius 3 is 2.80 bits per heavy atom. The van der Waals surface area contributed by atoms with Crippen molar-refractivity contribution in [2.45, 2.75) is 25.8 Å². The first-order valence-electron chi connectivity index (χ1n) is 4.68. The predicted molar refractivity (Wildman–Crippen MR) is 64.7 cm³/mol. The standard InChI is InChI=1S/C9H14ClNO2S2/c1-2-4-8(9-5-3-6-14-9)11-15(12,13)7-10/h3,5-6,8,11H,2,4,7H2,1H3. The van der Waals surface area contributed by atoms with E-state index < -0.39 is 15.2 Å². The minimum absolute atomic E-state index is 0.140. The van der Waals surface area contributed by atoms with Crippen molar-refractivity contribution in [3.63, 3.8) is 0 Å². The first-order chi connectivity index (χ1) is 7.09. The van der Waals surface area contributed by atoms with Gasteiger partial charge < -0.3 is 0 Å². The van der Waals surface area contributed by atoms with E-state index in [1.165, 1.54) is 0 Å². The molecule has 1 N–H and O–H groups in total. The summed E-state index contributed by atoms with van der Waals surface area (Å²) in [7, 11) is -3.34. The van der Waals surface area contributed by atoms with E-state index in [0.717, 1.165) is 17.7 Å². The molecule has 0 aliphatic heterocycles. The van der Waals surface area contributed by atoms with E-state index in [-0.39, 0.29) is 6.04 Å². The van der Waals surface area contributed by atoms with Crippen LogP contribution in [0.25, 0.3) is 0 Å². The molecule has 0 spiro atoms. The normalized spacial score (nSPS) is 14.0. The lowest BCUT2D eigenvalue weighted by atomic mass is 10.1. The summed E-state index contributed by atoms with van der Waals surface area (Å²) < 4.78 is 25.3. The zero-order chi connectivity index (χ0) is 11.3. The zero-order valence-corrected chi connectivity index (χ0v) is 10.8. The van der Waals surface area contributed by atoms with Crippen LogP contribution in [0.3, 0.4) is 0 Å². The van der Waals surface area contributed by atoms with Gasteiger partial charge in [0, 0.05) is 4.88 Å². The molecule has 0 amide bonds. The number of thiophene rings is 1. The Balaban J connectivity index is 2.76. The smallest absolute Gasteiger partial charge is 0.211 e. The fraction of sp³-hybridized carbons (Fsp3) is 0.556. The van der Waals surface area contributed by atoms with Gasteiger partial charge in [0.1, 0.15) is 5.21 Å². The molecule has 0 aliphatic rings. The van der Waals surface area contributed by atoms with Gasteiger partial charge in [-0.15, -0.1) is 22.9 Å². The molecule has 1 rings (SSSR count). The Morgan fingerprint density at radius 2 is 2.33 bits per heavy atom. The van der Waals surface area contributed by atoms with E-state index in [0.29, 0.717) is 0 Å². The Hall–Kier alpha value is -0.100. The third-order valence-corrected chi connectivity index (χ3v) is 4.71. The lowest BCUT2D eigenvalue weighted by Gasteiger charge is -2.15. The molecule has 1 heterocycles. The van der Waals surface area contributed by atoms with E-state index in [4.69, 9.17) is 11.6 Å². The molecule has 1 aromatic rings. The molecule has 15 heavy (non-hydrogen) atoms. The van der Waals surface area contributed by atoms with Crippen molar-refractivity contribution < 1.29 is 8.42 Å². The fourth-order valence-corrected chi connectivity index (χ4v) is 3.10. The summed E-state index contributed by atoms with van der Waals surface area (Å²) in [5.74, 6) is 0. The maximum absolute atomic E-state index is 11.3. The van der Waals surface area contributed by atoms with Crippen molar-refractivity contribution in [3.05, 3.63) is 22.4 Å². The van der Waals surface area contributed by atoms with Crippen LogP contribution in [0.2, 0.25) is 0 Å². The minimum Gasteiger partial charge on any atom is -0.211 e. The Morgan fingerprint density at radius 1 is 1.60 bits per heavy atom. The van der Waals surface area contributed by atoms with Crippen LogP contribution in [0, 0.1) is 0 Å². The molecule has 6 heteroatoms. The van der Waals surface area contributed by atoms with Crippen LogP contribution < -0.4 is 4.72 Å². The SMILES string of the molecule is CCCC(NS(=O)(=O)CCl)c1cccs1. The molecule has 0 fully saturated rings. The van der Waals surface area contributed by atoms with E-state index in [9.17, 15) is 8.42 Å². The van der Waals surface area contributed by atoms with E-state index in [1.807, 2.05) is 24.4 Å². The highest BCUT2D eigenvalue weighted by atomic mass is 35.5. The highest BCUT2D eigenvalue weighted by molar-refractivity contribution is 7.90. The van der Waals surface area contributed by atoms with Gasteiger partial charge in [-0.25, -0.2) is 13.1 Å². The molecule has 86 valence electrons. The number of halogens is 1. The molecule has 0 saturated carbocycles. The van der Waals surface area contributed by atoms with Gasteiger partial charge in [0.2, 0.25) is 10.0 Å². The number of rotatable bonds is 6. The van der Waals surface area contributed by atoms with E-state index >= 15 is 0 Å².